The number of imidazole rings is 1. The second-order valence-corrected chi connectivity index (χ2v) is 11.8. The smallest absolute Gasteiger partial charge is 0.343 e. The van der Waals surface area contributed by atoms with Crippen LogP contribution in [0.3, 0.4) is 0 Å². The van der Waals surface area contributed by atoms with E-state index >= 15 is 0 Å². The molecule has 0 aliphatic carbocycles. The standard InChI is InChI=1S/C29H32BrN3O2/c1-19-10-9-15-33-25(19)31-24(26(33)32-29(5,6)18-28(2,3)4)20-11-8-14-23(17-20)35-27(34)21-12-7-13-22(30)16-21/h7-17,32H,18H2,1-6H3. The Morgan fingerprint density at radius 3 is 2.49 bits per heavy atom. The van der Waals surface area contributed by atoms with Crippen molar-refractivity contribution in [2.45, 2.75) is 53.5 Å². The highest BCUT2D eigenvalue weighted by Crippen LogP contribution is 2.36. The molecule has 0 radical (unpaired) electrons. The molecule has 0 unspecified atom stereocenters. The number of aryl methyl sites for hydroxylation is 1. The Morgan fingerprint density at radius 2 is 1.77 bits per heavy atom. The summed E-state index contributed by atoms with van der Waals surface area (Å²) in [5, 5.41) is 3.77. The highest BCUT2D eigenvalue weighted by molar-refractivity contribution is 9.10. The first-order chi connectivity index (χ1) is 16.4. The zero-order chi connectivity index (χ0) is 25.4. The van der Waals surface area contributed by atoms with Crippen molar-refractivity contribution in [1.29, 1.82) is 0 Å². The third-order valence-corrected chi connectivity index (χ3v) is 6.15. The third kappa shape index (κ3) is 5.93. The summed E-state index contributed by atoms with van der Waals surface area (Å²) in [6.45, 7) is 13.2. The lowest BCUT2D eigenvalue weighted by Gasteiger charge is -2.34. The molecule has 4 rings (SSSR count). The maximum atomic E-state index is 12.7. The SMILES string of the molecule is Cc1cccn2c(NC(C)(C)CC(C)(C)C)c(-c3cccc(OC(=O)c4cccc(Br)c4)c3)nc12. The number of carbonyl (C=O) groups is 1. The molecule has 6 heteroatoms. The molecule has 0 saturated heterocycles. The van der Waals surface area contributed by atoms with Crippen molar-refractivity contribution in [2.75, 3.05) is 5.32 Å². The number of pyridine rings is 1. The number of halogens is 1. The predicted octanol–water partition coefficient (Wildman–Crippen LogP) is 7.92. The van der Waals surface area contributed by atoms with Gasteiger partial charge in [0, 0.05) is 21.8 Å². The van der Waals surface area contributed by atoms with Crippen molar-refractivity contribution in [3.05, 3.63) is 82.5 Å². The molecule has 5 nitrogen and oxygen atoms in total. The molecule has 4 aromatic rings. The zero-order valence-electron chi connectivity index (χ0n) is 21.1. The minimum atomic E-state index is -0.404. The molecule has 182 valence electrons. The number of anilines is 1. The van der Waals surface area contributed by atoms with Crippen LogP contribution >= 0.6 is 15.9 Å². The van der Waals surface area contributed by atoms with E-state index in [-0.39, 0.29) is 11.0 Å². The Bertz CT molecular complexity index is 1380. The monoisotopic (exact) mass is 533 g/mol. The van der Waals surface area contributed by atoms with Crippen LogP contribution in [0.25, 0.3) is 16.9 Å². The molecular formula is C29H32BrN3O2. The number of esters is 1. The van der Waals surface area contributed by atoms with Gasteiger partial charge in [0.25, 0.3) is 0 Å². The van der Waals surface area contributed by atoms with Gasteiger partial charge in [-0.3, -0.25) is 4.40 Å². The Labute approximate surface area is 215 Å². The fourth-order valence-electron chi connectivity index (χ4n) is 4.70. The molecule has 0 aliphatic rings. The van der Waals surface area contributed by atoms with E-state index in [1.54, 1.807) is 18.2 Å². The number of ether oxygens (including phenoxy) is 1. The van der Waals surface area contributed by atoms with Crippen LogP contribution in [0.4, 0.5) is 5.82 Å². The quantitative estimate of drug-likeness (QED) is 0.202. The first-order valence-electron chi connectivity index (χ1n) is 11.8. The van der Waals surface area contributed by atoms with Crippen LogP contribution in [0.15, 0.2) is 71.3 Å². The second-order valence-electron chi connectivity index (χ2n) is 10.9. The number of hydrogen-bond donors (Lipinski definition) is 1. The summed E-state index contributed by atoms with van der Waals surface area (Å²) < 4.78 is 8.64. The molecule has 2 heterocycles. The van der Waals surface area contributed by atoms with Crippen molar-refractivity contribution < 1.29 is 9.53 Å². The van der Waals surface area contributed by atoms with Crippen LogP contribution in [0.1, 0.15) is 57.0 Å². The van der Waals surface area contributed by atoms with Gasteiger partial charge in [0.2, 0.25) is 0 Å². The van der Waals surface area contributed by atoms with Gasteiger partial charge in [0.1, 0.15) is 22.9 Å². The van der Waals surface area contributed by atoms with E-state index in [4.69, 9.17) is 9.72 Å². The van der Waals surface area contributed by atoms with Gasteiger partial charge in [0.05, 0.1) is 5.56 Å². The molecule has 0 spiro atoms. The third-order valence-electron chi connectivity index (χ3n) is 5.65. The molecule has 0 atom stereocenters. The molecule has 2 aromatic carbocycles. The van der Waals surface area contributed by atoms with Gasteiger partial charge in [-0.05, 0) is 74.6 Å². The first kappa shape index (κ1) is 25.0. The van der Waals surface area contributed by atoms with Crippen molar-refractivity contribution in [3.8, 4) is 17.0 Å². The normalized spacial score (nSPS) is 12.1. The van der Waals surface area contributed by atoms with Gasteiger partial charge in [-0.25, -0.2) is 9.78 Å². The minimum Gasteiger partial charge on any atom is -0.423 e. The van der Waals surface area contributed by atoms with Gasteiger partial charge in [-0.15, -0.1) is 0 Å². The Kier molecular flexibility index (Phi) is 6.78. The van der Waals surface area contributed by atoms with E-state index in [0.717, 1.165) is 39.2 Å². The van der Waals surface area contributed by atoms with Gasteiger partial charge in [0.15, 0.2) is 0 Å². The van der Waals surface area contributed by atoms with Crippen molar-refractivity contribution in [2.24, 2.45) is 5.41 Å². The number of aromatic nitrogens is 2. The van der Waals surface area contributed by atoms with Crippen molar-refractivity contribution in [1.82, 2.24) is 9.38 Å². The summed E-state index contributed by atoms with van der Waals surface area (Å²) in [4.78, 5) is 17.7. The minimum absolute atomic E-state index is 0.160. The van der Waals surface area contributed by atoms with E-state index in [1.807, 2.05) is 42.6 Å². The average Bonchev–Trinajstić information content (AvgIpc) is 3.11. The molecule has 35 heavy (non-hydrogen) atoms. The average molecular weight is 534 g/mol. The highest BCUT2D eigenvalue weighted by Gasteiger charge is 2.28. The fraction of sp³-hybridized carbons (Fsp3) is 0.310. The number of nitrogens with zero attached hydrogens (tertiary/aromatic N) is 2. The van der Waals surface area contributed by atoms with E-state index in [9.17, 15) is 4.79 Å². The zero-order valence-corrected chi connectivity index (χ0v) is 22.7. The summed E-state index contributed by atoms with van der Waals surface area (Å²) in [5.41, 5.74) is 4.16. The maximum Gasteiger partial charge on any atom is 0.343 e. The lowest BCUT2D eigenvalue weighted by Crippen LogP contribution is -2.36. The first-order valence-corrected chi connectivity index (χ1v) is 12.6. The number of hydrogen-bond acceptors (Lipinski definition) is 4. The summed E-state index contributed by atoms with van der Waals surface area (Å²) in [6, 6.07) is 18.8. The van der Waals surface area contributed by atoms with E-state index in [0.29, 0.717) is 11.3 Å². The highest BCUT2D eigenvalue weighted by atomic mass is 79.9. The van der Waals surface area contributed by atoms with Crippen LogP contribution < -0.4 is 10.1 Å². The number of carbonyl (C=O) groups excluding carboxylic acids is 1. The van der Waals surface area contributed by atoms with Crippen LogP contribution in [-0.4, -0.2) is 20.9 Å². The molecule has 1 N–H and O–H groups in total. The molecule has 0 aliphatic heterocycles. The Morgan fingerprint density at radius 1 is 1.03 bits per heavy atom. The van der Waals surface area contributed by atoms with Crippen LogP contribution in [0.5, 0.6) is 5.75 Å². The Hall–Kier alpha value is -3.12. The lowest BCUT2D eigenvalue weighted by molar-refractivity contribution is 0.0735. The number of rotatable bonds is 6. The number of benzene rings is 2. The van der Waals surface area contributed by atoms with Gasteiger partial charge in [-0.2, -0.15) is 0 Å². The number of nitrogens with one attached hydrogen (secondary N) is 1. The predicted molar refractivity (Wildman–Crippen MR) is 146 cm³/mol. The Balaban J connectivity index is 1.74. The molecule has 0 fully saturated rings. The van der Waals surface area contributed by atoms with Gasteiger partial charge in [-0.1, -0.05) is 61.0 Å². The maximum absolute atomic E-state index is 12.7. The number of fused-ring (bicyclic) bond motifs is 1. The van der Waals surface area contributed by atoms with Crippen LogP contribution in [0, 0.1) is 12.3 Å². The molecule has 0 amide bonds. The topological polar surface area (TPSA) is 55.6 Å². The van der Waals surface area contributed by atoms with Crippen molar-refractivity contribution >= 4 is 33.4 Å². The van der Waals surface area contributed by atoms with Crippen molar-refractivity contribution in [3.63, 3.8) is 0 Å². The van der Waals surface area contributed by atoms with Gasteiger partial charge < -0.3 is 10.1 Å². The van der Waals surface area contributed by atoms with Crippen LogP contribution in [0.2, 0.25) is 0 Å². The van der Waals surface area contributed by atoms with Gasteiger partial charge >= 0.3 is 5.97 Å². The summed E-state index contributed by atoms with van der Waals surface area (Å²) in [5.74, 6) is 0.994. The van der Waals surface area contributed by atoms with E-state index in [2.05, 4.69) is 73.3 Å². The van der Waals surface area contributed by atoms with E-state index < -0.39 is 5.97 Å². The van der Waals surface area contributed by atoms with Crippen LogP contribution in [-0.2, 0) is 0 Å². The second kappa shape index (κ2) is 9.50. The molecule has 0 saturated carbocycles. The molecular weight excluding hydrogens is 502 g/mol. The summed E-state index contributed by atoms with van der Waals surface area (Å²) >= 11 is 3.41. The molecule has 0 bridgehead atoms. The summed E-state index contributed by atoms with van der Waals surface area (Å²) in [6.07, 6.45) is 3.01. The molecule has 2 aromatic heterocycles. The largest absolute Gasteiger partial charge is 0.423 e. The lowest BCUT2D eigenvalue weighted by atomic mass is 9.82. The fourth-order valence-corrected chi connectivity index (χ4v) is 5.10. The summed E-state index contributed by atoms with van der Waals surface area (Å²) in [7, 11) is 0. The van der Waals surface area contributed by atoms with E-state index in [1.165, 1.54) is 0 Å².